The summed E-state index contributed by atoms with van der Waals surface area (Å²) in [6, 6.07) is 2.08. The Morgan fingerprint density at radius 3 is 2.26 bits per heavy atom. The monoisotopic (exact) mass is 396 g/mol. The van der Waals surface area contributed by atoms with Gasteiger partial charge in [0, 0.05) is 0 Å². The molecule has 0 fully saturated rings. The molecule has 19 heavy (non-hydrogen) atoms. The number of hydrogen-bond donors (Lipinski definition) is 0. The minimum Gasteiger partial charge on any atom is -0.387 e. The molecule has 1 aromatic rings. The number of nitrogens with zero attached hydrogens (tertiary/aromatic N) is 2. The molecule has 0 amide bonds. The van der Waals surface area contributed by atoms with Crippen LogP contribution in [0.1, 0.15) is 11.3 Å². The first-order valence-electron chi connectivity index (χ1n) is 4.44. The van der Waals surface area contributed by atoms with Gasteiger partial charge in [-0.3, -0.25) is 0 Å². The molecule has 0 bridgehead atoms. The second kappa shape index (κ2) is 5.40. The van der Waals surface area contributed by atoms with Gasteiger partial charge in [-0.1, -0.05) is 0 Å². The van der Waals surface area contributed by atoms with Gasteiger partial charge in [0.1, 0.15) is 5.69 Å². The molecular formula is C9H3F6IN2O. The van der Waals surface area contributed by atoms with Gasteiger partial charge in [0.25, 0.3) is 0 Å². The normalized spacial score (nSPS) is 12.1. The molecule has 0 saturated carbocycles. The standard InChI is InChI=1S/C9H3F6IN2O/c10-8(11,12)5-3-4(1-2-17)6(16)7(18-5)19-9(13,14)15/h3H,1H2. The quantitative estimate of drug-likeness (QED) is 0.567. The minimum absolute atomic E-state index is 0.232. The number of ether oxygens (including phenoxy) is 1. The predicted octanol–water partition coefficient (Wildman–Crippen LogP) is 3.67. The third kappa shape index (κ3) is 4.41. The average Bonchev–Trinajstić information content (AvgIpc) is 2.20. The van der Waals surface area contributed by atoms with Gasteiger partial charge in [-0.15, -0.1) is 13.2 Å². The van der Waals surface area contributed by atoms with E-state index in [-0.39, 0.29) is 9.13 Å². The first-order chi connectivity index (χ1) is 8.54. The van der Waals surface area contributed by atoms with Gasteiger partial charge in [-0.05, 0) is 34.2 Å². The molecule has 0 N–H and O–H groups in total. The zero-order valence-corrected chi connectivity index (χ0v) is 10.9. The average molecular weight is 396 g/mol. The topological polar surface area (TPSA) is 45.9 Å². The molecule has 1 rings (SSSR count). The highest BCUT2D eigenvalue weighted by molar-refractivity contribution is 14.1. The highest BCUT2D eigenvalue weighted by atomic mass is 127. The molecule has 0 aliphatic carbocycles. The fraction of sp³-hybridized carbons (Fsp3) is 0.333. The maximum Gasteiger partial charge on any atom is 0.574 e. The predicted molar refractivity (Wildman–Crippen MR) is 58.0 cm³/mol. The second-order valence-electron chi connectivity index (χ2n) is 3.17. The number of hydrogen-bond acceptors (Lipinski definition) is 3. The van der Waals surface area contributed by atoms with Crippen molar-refractivity contribution in [2.75, 3.05) is 0 Å². The van der Waals surface area contributed by atoms with E-state index >= 15 is 0 Å². The van der Waals surface area contributed by atoms with E-state index in [9.17, 15) is 26.3 Å². The Morgan fingerprint density at radius 1 is 1.26 bits per heavy atom. The van der Waals surface area contributed by atoms with E-state index in [0.29, 0.717) is 6.07 Å². The van der Waals surface area contributed by atoms with E-state index in [4.69, 9.17) is 5.26 Å². The van der Waals surface area contributed by atoms with Crippen LogP contribution < -0.4 is 4.74 Å². The molecule has 0 unspecified atom stereocenters. The first kappa shape index (κ1) is 15.8. The van der Waals surface area contributed by atoms with Crippen molar-refractivity contribution in [3.8, 4) is 11.9 Å². The Balaban J connectivity index is 3.37. The maximum atomic E-state index is 12.5. The van der Waals surface area contributed by atoms with Gasteiger partial charge >= 0.3 is 12.5 Å². The van der Waals surface area contributed by atoms with Crippen LogP contribution in [-0.4, -0.2) is 11.3 Å². The third-order valence-electron chi connectivity index (χ3n) is 1.77. The Bertz CT molecular complexity index is 519. The van der Waals surface area contributed by atoms with E-state index in [1.54, 1.807) is 6.07 Å². The lowest BCUT2D eigenvalue weighted by atomic mass is 10.1. The smallest absolute Gasteiger partial charge is 0.387 e. The Labute approximate surface area is 116 Å². The van der Waals surface area contributed by atoms with Crippen molar-refractivity contribution < 1.29 is 31.1 Å². The van der Waals surface area contributed by atoms with Crippen LogP contribution in [0.2, 0.25) is 0 Å². The van der Waals surface area contributed by atoms with Crippen LogP contribution >= 0.6 is 22.6 Å². The lowest BCUT2D eigenvalue weighted by molar-refractivity contribution is -0.276. The largest absolute Gasteiger partial charge is 0.574 e. The molecule has 0 aromatic carbocycles. The Morgan fingerprint density at radius 2 is 1.84 bits per heavy atom. The molecule has 10 heteroatoms. The Hall–Kier alpha value is -1.25. The van der Waals surface area contributed by atoms with Crippen molar-refractivity contribution in [3.63, 3.8) is 0 Å². The first-order valence-corrected chi connectivity index (χ1v) is 5.52. The number of halogens is 7. The van der Waals surface area contributed by atoms with Crippen LogP contribution in [0.15, 0.2) is 6.07 Å². The molecule has 0 aliphatic rings. The lowest BCUT2D eigenvalue weighted by Gasteiger charge is -2.14. The SMILES string of the molecule is N#CCc1cc(C(F)(F)F)nc(OC(F)(F)F)c1I. The van der Waals surface area contributed by atoms with Crippen LogP contribution in [0.5, 0.6) is 5.88 Å². The van der Waals surface area contributed by atoms with Crippen molar-refractivity contribution in [2.45, 2.75) is 19.0 Å². The number of nitriles is 1. The molecule has 0 saturated heterocycles. The van der Waals surface area contributed by atoms with E-state index in [1.165, 1.54) is 22.6 Å². The summed E-state index contributed by atoms with van der Waals surface area (Å²) in [7, 11) is 0. The van der Waals surface area contributed by atoms with E-state index in [0.717, 1.165) is 0 Å². The summed E-state index contributed by atoms with van der Waals surface area (Å²) in [6.07, 6.45) is -10.6. The van der Waals surface area contributed by atoms with Gasteiger partial charge < -0.3 is 4.74 Å². The zero-order valence-electron chi connectivity index (χ0n) is 8.73. The molecule has 0 radical (unpaired) electrons. The summed E-state index contributed by atoms with van der Waals surface area (Å²) in [4.78, 5) is 2.79. The van der Waals surface area contributed by atoms with Crippen molar-refractivity contribution in [1.82, 2.24) is 4.98 Å². The van der Waals surface area contributed by atoms with Crippen molar-refractivity contribution >= 4 is 22.6 Å². The second-order valence-corrected chi connectivity index (χ2v) is 4.24. The van der Waals surface area contributed by atoms with Crippen molar-refractivity contribution in [1.29, 1.82) is 5.26 Å². The van der Waals surface area contributed by atoms with Crippen LogP contribution in [-0.2, 0) is 12.6 Å². The molecule has 1 aromatic heterocycles. The summed E-state index contributed by atoms with van der Waals surface area (Å²) >= 11 is 1.34. The molecule has 0 atom stereocenters. The Kier molecular flexibility index (Phi) is 4.49. The van der Waals surface area contributed by atoms with Crippen molar-refractivity contribution in [2.24, 2.45) is 0 Å². The van der Waals surface area contributed by atoms with Crippen molar-refractivity contribution in [3.05, 3.63) is 20.9 Å². The van der Waals surface area contributed by atoms with Gasteiger partial charge in [-0.2, -0.15) is 18.4 Å². The molecule has 3 nitrogen and oxygen atoms in total. The highest BCUT2D eigenvalue weighted by Crippen LogP contribution is 2.34. The van der Waals surface area contributed by atoms with Crippen LogP contribution in [0.25, 0.3) is 0 Å². The van der Waals surface area contributed by atoms with E-state index in [1.807, 2.05) is 0 Å². The molecule has 0 aliphatic heterocycles. The van der Waals surface area contributed by atoms with Crippen LogP contribution in [0.4, 0.5) is 26.3 Å². The summed E-state index contributed by atoms with van der Waals surface area (Å²) in [5, 5.41) is 8.44. The van der Waals surface area contributed by atoms with Crippen LogP contribution in [0, 0.1) is 14.9 Å². The number of aromatic nitrogens is 1. The van der Waals surface area contributed by atoms with Gasteiger partial charge in [0.2, 0.25) is 5.88 Å². The summed E-state index contributed by atoms with van der Waals surface area (Å²) in [5.74, 6) is -1.21. The van der Waals surface area contributed by atoms with Gasteiger partial charge in [0.05, 0.1) is 16.1 Å². The van der Waals surface area contributed by atoms with Gasteiger partial charge in [-0.25, -0.2) is 4.98 Å². The fourth-order valence-electron chi connectivity index (χ4n) is 1.09. The molecule has 0 spiro atoms. The number of pyridine rings is 1. The van der Waals surface area contributed by atoms with E-state index in [2.05, 4.69) is 9.72 Å². The fourth-order valence-corrected chi connectivity index (χ4v) is 1.67. The summed E-state index contributed by atoms with van der Waals surface area (Å²) in [6.45, 7) is 0. The van der Waals surface area contributed by atoms with E-state index < -0.39 is 30.5 Å². The summed E-state index contributed by atoms with van der Waals surface area (Å²) in [5.41, 5.74) is -1.78. The minimum atomic E-state index is -5.17. The maximum absolute atomic E-state index is 12.5. The molecule has 104 valence electrons. The summed E-state index contributed by atoms with van der Waals surface area (Å²) < 4.78 is 76.7. The highest BCUT2D eigenvalue weighted by Gasteiger charge is 2.37. The number of alkyl halides is 6. The third-order valence-corrected chi connectivity index (χ3v) is 2.93. The van der Waals surface area contributed by atoms with Crippen LogP contribution in [0.3, 0.4) is 0 Å². The number of rotatable bonds is 2. The molecular weight excluding hydrogens is 393 g/mol. The lowest BCUT2D eigenvalue weighted by Crippen LogP contribution is -2.21. The zero-order chi connectivity index (χ0) is 14.8. The molecule has 1 heterocycles. The van der Waals surface area contributed by atoms with Gasteiger partial charge in [0.15, 0.2) is 0 Å².